The number of nitrogens with zero attached hydrogens (tertiary/aromatic N) is 2. The fraction of sp³-hybridized carbons (Fsp3) is 0.250. The number of aromatic nitrogens is 2. The number of nitrogens with one attached hydrogen (secondary N) is 1. The van der Waals surface area contributed by atoms with Crippen LogP contribution in [0.2, 0.25) is 5.02 Å². The molecule has 1 aromatic heterocycles. The van der Waals surface area contributed by atoms with Crippen LogP contribution < -0.4 is 11.3 Å². The second kappa shape index (κ2) is 5.48. The van der Waals surface area contributed by atoms with Crippen LogP contribution in [-0.2, 0) is 6.54 Å². The minimum Gasteiger partial charge on any atom is -0.273 e. The first kappa shape index (κ1) is 13.0. The maximum atomic E-state index is 13.4. The lowest BCUT2D eigenvalue weighted by atomic mass is 10.0. The first-order valence-electron chi connectivity index (χ1n) is 5.59. The molecule has 1 aromatic carbocycles. The molecule has 4 nitrogen and oxygen atoms in total. The van der Waals surface area contributed by atoms with E-state index in [9.17, 15) is 4.39 Å². The number of nitrogens with two attached hydrogens (primary N) is 1. The molecule has 0 saturated carbocycles. The Bertz CT molecular complexity index is 541. The molecule has 2 aromatic rings. The Hall–Kier alpha value is -1.43. The number of rotatable bonds is 4. The van der Waals surface area contributed by atoms with Crippen molar-refractivity contribution in [1.29, 1.82) is 0 Å². The van der Waals surface area contributed by atoms with Crippen LogP contribution in [0.4, 0.5) is 4.39 Å². The van der Waals surface area contributed by atoms with Gasteiger partial charge in [-0.2, -0.15) is 5.10 Å². The quantitative estimate of drug-likeness (QED) is 0.661. The molecule has 0 aliphatic heterocycles. The second-order valence-electron chi connectivity index (χ2n) is 3.87. The standard InChI is InChI=1S/C12H14ClFN4/c1-2-18-7-8(6-16-18)12(17-15)9-4-3-5-10(14)11(9)13/h3-7,12,17H,2,15H2,1H3. The summed E-state index contributed by atoms with van der Waals surface area (Å²) in [5.41, 5.74) is 4.07. The van der Waals surface area contributed by atoms with Crippen molar-refractivity contribution >= 4 is 11.6 Å². The molecule has 18 heavy (non-hydrogen) atoms. The van der Waals surface area contributed by atoms with Crippen LogP contribution in [-0.4, -0.2) is 9.78 Å². The molecular formula is C12H14ClFN4. The van der Waals surface area contributed by atoms with E-state index in [2.05, 4.69) is 10.5 Å². The van der Waals surface area contributed by atoms with Gasteiger partial charge in [-0.3, -0.25) is 10.5 Å². The Morgan fingerprint density at radius 3 is 2.94 bits per heavy atom. The summed E-state index contributed by atoms with van der Waals surface area (Å²) < 4.78 is 15.2. The molecule has 0 bridgehead atoms. The van der Waals surface area contributed by atoms with Crippen molar-refractivity contribution in [2.45, 2.75) is 19.5 Å². The van der Waals surface area contributed by atoms with E-state index in [1.165, 1.54) is 6.07 Å². The molecule has 3 N–H and O–H groups in total. The van der Waals surface area contributed by atoms with Crippen molar-refractivity contribution in [2.75, 3.05) is 0 Å². The van der Waals surface area contributed by atoms with Gasteiger partial charge in [-0.05, 0) is 18.6 Å². The Morgan fingerprint density at radius 1 is 1.56 bits per heavy atom. The number of hydrazine groups is 1. The minimum atomic E-state index is -0.461. The Kier molecular flexibility index (Phi) is 3.96. The van der Waals surface area contributed by atoms with E-state index in [1.807, 2.05) is 13.1 Å². The van der Waals surface area contributed by atoms with Crippen molar-refractivity contribution in [1.82, 2.24) is 15.2 Å². The minimum absolute atomic E-state index is 0.0738. The fourth-order valence-corrected chi connectivity index (χ4v) is 2.05. The van der Waals surface area contributed by atoms with Gasteiger partial charge in [0.15, 0.2) is 0 Å². The normalized spacial score (nSPS) is 12.7. The highest BCUT2D eigenvalue weighted by atomic mass is 35.5. The van der Waals surface area contributed by atoms with Crippen LogP contribution in [0.5, 0.6) is 0 Å². The van der Waals surface area contributed by atoms with Crippen molar-refractivity contribution in [3.63, 3.8) is 0 Å². The molecule has 1 heterocycles. The van der Waals surface area contributed by atoms with E-state index < -0.39 is 5.82 Å². The summed E-state index contributed by atoms with van der Waals surface area (Å²) in [6.07, 6.45) is 3.54. The van der Waals surface area contributed by atoms with Crippen molar-refractivity contribution in [3.8, 4) is 0 Å². The highest BCUT2D eigenvalue weighted by molar-refractivity contribution is 6.31. The lowest BCUT2D eigenvalue weighted by Crippen LogP contribution is -2.29. The lowest BCUT2D eigenvalue weighted by molar-refractivity contribution is 0.604. The number of benzene rings is 1. The molecule has 0 aliphatic carbocycles. The zero-order valence-corrected chi connectivity index (χ0v) is 10.7. The second-order valence-corrected chi connectivity index (χ2v) is 4.25. The molecule has 0 aliphatic rings. The van der Waals surface area contributed by atoms with Crippen LogP contribution >= 0.6 is 11.6 Å². The summed E-state index contributed by atoms with van der Waals surface area (Å²) in [4.78, 5) is 0. The average molecular weight is 269 g/mol. The zero-order chi connectivity index (χ0) is 13.1. The predicted octanol–water partition coefficient (Wildman–Crippen LogP) is 2.25. The molecule has 6 heteroatoms. The van der Waals surface area contributed by atoms with Crippen LogP contribution in [0.15, 0.2) is 30.6 Å². The van der Waals surface area contributed by atoms with Crippen LogP contribution in [0.3, 0.4) is 0 Å². The molecule has 0 radical (unpaired) electrons. The molecule has 1 atom stereocenters. The largest absolute Gasteiger partial charge is 0.273 e. The molecule has 0 spiro atoms. The fourth-order valence-electron chi connectivity index (χ4n) is 1.81. The van der Waals surface area contributed by atoms with Crippen LogP contribution in [0, 0.1) is 5.82 Å². The third-order valence-corrected chi connectivity index (χ3v) is 3.17. The van der Waals surface area contributed by atoms with Crippen molar-refractivity contribution in [2.24, 2.45) is 5.84 Å². The third-order valence-electron chi connectivity index (χ3n) is 2.77. The maximum Gasteiger partial charge on any atom is 0.142 e. The first-order chi connectivity index (χ1) is 8.67. The summed E-state index contributed by atoms with van der Waals surface area (Å²) in [6, 6.07) is 4.27. The van der Waals surface area contributed by atoms with Crippen LogP contribution in [0.25, 0.3) is 0 Å². The van der Waals surface area contributed by atoms with Gasteiger partial charge in [0.1, 0.15) is 5.82 Å². The van der Waals surface area contributed by atoms with E-state index >= 15 is 0 Å². The smallest absolute Gasteiger partial charge is 0.142 e. The third kappa shape index (κ3) is 2.38. The Balaban J connectivity index is 2.41. The highest BCUT2D eigenvalue weighted by Crippen LogP contribution is 2.29. The summed E-state index contributed by atoms with van der Waals surface area (Å²) in [6.45, 7) is 2.74. The van der Waals surface area contributed by atoms with Gasteiger partial charge in [-0.25, -0.2) is 9.82 Å². The zero-order valence-electron chi connectivity index (χ0n) is 9.90. The first-order valence-corrected chi connectivity index (χ1v) is 5.97. The number of halogens is 2. The van der Waals surface area contributed by atoms with Gasteiger partial charge >= 0.3 is 0 Å². The summed E-state index contributed by atoms with van der Waals surface area (Å²) >= 11 is 5.96. The van der Waals surface area contributed by atoms with Gasteiger partial charge in [0.05, 0.1) is 17.3 Å². The summed E-state index contributed by atoms with van der Waals surface area (Å²) in [5, 5.41) is 4.24. The van der Waals surface area contributed by atoms with Crippen LogP contribution in [0.1, 0.15) is 24.1 Å². The molecule has 0 amide bonds. The number of hydrogen-bond acceptors (Lipinski definition) is 3. The SMILES string of the molecule is CCn1cc(C(NN)c2cccc(F)c2Cl)cn1. The maximum absolute atomic E-state index is 13.4. The van der Waals surface area contributed by atoms with Crippen molar-refractivity contribution < 1.29 is 4.39 Å². The van der Waals surface area contributed by atoms with Gasteiger partial charge in [-0.15, -0.1) is 0 Å². The number of hydrogen-bond donors (Lipinski definition) is 2. The van der Waals surface area contributed by atoms with Gasteiger partial charge < -0.3 is 0 Å². The van der Waals surface area contributed by atoms with E-state index in [4.69, 9.17) is 17.4 Å². The highest BCUT2D eigenvalue weighted by Gasteiger charge is 2.18. The molecule has 0 saturated heterocycles. The van der Waals surface area contributed by atoms with E-state index in [0.717, 1.165) is 12.1 Å². The predicted molar refractivity (Wildman–Crippen MR) is 68.5 cm³/mol. The molecular weight excluding hydrogens is 255 g/mol. The monoisotopic (exact) mass is 268 g/mol. The van der Waals surface area contributed by atoms with Crippen molar-refractivity contribution in [3.05, 3.63) is 52.6 Å². The van der Waals surface area contributed by atoms with E-state index in [1.54, 1.807) is 23.0 Å². The Labute approximate surface area is 110 Å². The van der Waals surface area contributed by atoms with Gasteiger partial charge in [0.2, 0.25) is 0 Å². The van der Waals surface area contributed by atoms with Gasteiger partial charge in [-0.1, -0.05) is 23.7 Å². The summed E-state index contributed by atoms with van der Waals surface area (Å²) in [5.74, 6) is 5.08. The molecule has 1 unspecified atom stereocenters. The molecule has 96 valence electrons. The van der Waals surface area contributed by atoms with Gasteiger partial charge in [0.25, 0.3) is 0 Å². The summed E-state index contributed by atoms with van der Waals surface area (Å²) in [7, 11) is 0. The van der Waals surface area contributed by atoms with E-state index in [0.29, 0.717) is 5.56 Å². The lowest BCUT2D eigenvalue weighted by Gasteiger charge is -2.16. The number of aryl methyl sites for hydroxylation is 1. The molecule has 0 fully saturated rings. The van der Waals surface area contributed by atoms with Gasteiger partial charge in [0, 0.05) is 18.3 Å². The van der Waals surface area contributed by atoms with E-state index in [-0.39, 0.29) is 11.1 Å². The molecule has 2 rings (SSSR count). The Morgan fingerprint density at radius 2 is 2.33 bits per heavy atom. The topological polar surface area (TPSA) is 55.9 Å². The average Bonchev–Trinajstić information content (AvgIpc) is 2.84.